The second-order valence-electron chi connectivity index (χ2n) is 7.68. The fraction of sp³-hybridized carbons (Fsp3) is 0.933. The van der Waals surface area contributed by atoms with Crippen LogP contribution in [0.25, 0.3) is 0 Å². The van der Waals surface area contributed by atoms with Crippen molar-refractivity contribution in [3.05, 3.63) is 0 Å². The fourth-order valence-electron chi connectivity index (χ4n) is 2.84. The van der Waals surface area contributed by atoms with Gasteiger partial charge in [0.25, 0.3) is 0 Å². The molecule has 0 saturated carbocycles. The van der Waals surface area contributed by atoms with Gasteiger partial charge in [-0.2, -0.15) is 0 Å². The topological polar surface area (TPSA) is 21.6 Å². The van der Waals surface area contributed by atoms with Crippen molar-refractivity contribution in [3.8, 4) is 0 Å². The van der Waals surface area contributed by atoms with Crippen molar-refractivity contribution < 1.29 is 4.74 Å². The molecule has 0 spiro atoms. The van der Waals surface area contributed by atoms with Gasteiger partial charge in [0, 0.05) is 0 Å². The smallest absolute Gasteiger partial charge is 0.191 e. The molecule has 2 nitrogen and oxygen atoms in total. The Morgan fingerprint density at radius 2 is 1.83 bits per heavy atom. The van der Waals surface area contributed by atoms with Crippen molar-refractivity contribution in [2.45, 2.75) is 71.2 Å². The molecule has 2 rings (SSSR count). The van der Waals surface area contributed by atoms with Crippen LogP contribution in [0.5, 0.6) is 0 Å². The molecule has 0 N–H and O–H groups in total. The van der Waals surface area contributed by atoms with Gasteiger partial charge in [0.2, 0.25) is 0 Å². The van der Waals surface area contributed by atoms with Crippen LogP contribution in [-0.2, 0) is 4.74 Å². The first-order valence-corrected chi connectivity index (χ1v) is 8.76. The lowest BCUT2D eigenvalue weighted by molar-refractivity contribution is 0.233. The minimum Gasteiger partial charge on any atom is -0.478 e. The van der Waals surface area contributed by atoms with Gasteiger partial charge in [-0.15, -0.1) is 0 Å². The second kappa shape index (κ2) is 4.78. The molecule has 0 aliphatic carbocycles. The zero-order valence-corrected chi connectivity index (χ0v) is 13.7. The SMILES string of the molecule is CC(C)(C)[C@H]1COC([C@H]2CCCP2C(C)(C)C)=N1. The van der Waals surface area contributed by atoms with Gasteiger partial charge in [-0.1, -0.05) is 49.5 Å². The molecule has 3 atom stereocenters. The third kappa shape index (κ3) is 2.90. The second-order valence-corrected chi connectivity index (χ2v) is 11.0. The molecule has 1 fully saturated rings. The van der Waals surface area contributed by atoms with Crippen LogP contribution in [0.4, 0.5) is 0 Å². The third-order valence-electron chi connectivity index (χ3n) is 4.07. The summed E-state index contributed by atoms with van der Waals surface area (Å²) in [5.74, 6) is 1.09. The third-order valence-corrected chi connectivity index (χ3v) is 7.82. The molecular formula is C15H28NOP. The van der Waals surface area contributed by atoms with Gasteiger partial charge in [-0.05, 0) is 29.6 Å². The van der Waals surface area contributed by atoms with E-state index in [0.29, 0.717) is 16.9 Å². The summed E-state index contributed by atoms with van der Waals surface area (Å²) >= 11 is 0. The van der Waals surface area contributed by atoms with Crippen LogP contribution >= 0.6 is 7.92 Å². The Balaban J connectivity index is 2.13. The van der Waals surface area contributed by atoms with Crippen LogP contribution < -0.4 is 0 Å². The Morgan fingerprint density at radius 3 is 2.33 bits per heavy atom. The maximum atomic E-state index is 5.97. The Hall–Kier alpha value is -0.100. The summed E-state index contributed by atoms with van der Waals surface area (Å²) in [6.07, 6.45) is 4.04. The molecule has 0 aromatic rings. The monoisotopic (exact) mass is 269 g/mol. The molecule has 0 bridgehead atoms. The minimum atomic E-state index is 0.0287. The van der Waals surface area contributed by atoms with Gasteiger partial charge in [0.15, 0.2) is 5.90 Å². The van der Waals surface area contributed by atoms with E-state index in [9.17, 15) is 0 Å². The highest BCUT2D eigenvalue weighted by molar-refractivity contribution is 7.61. The van der Waals surface area contributed by atoms with E-state index in [4.69, 9.17) is 9.73 Å². The first kappa shape index (κ1) is 14.3. The number of nitrogens with zero attached hydrogens (tertiary/aromatic N) is 1. The predicted molar refractivity (Wildman–Crippen MR) is 81.2 cm³/mol. The largest absolute Gasteiger partial charge is 0.478 e. The molecule has 0 aromatic heterocycles. The van der Waals surface area contributed by atoms with E-state index in [2.05, 4.69) is 41.5 Å². The highest BCUT2D eigenvalue weighted by atomic mass is 31.1. The molecule has 2 aliphatic heterocycles. The Morgan fingerprint density at radius 1 is 1.17 bits per heavy atom. The zero-order chi connectivity index (χ0) is 13.6. The van der Waals surface area contributed by atoms with Gasteiger partial charge >= 0.3 is 0 Å². The average Bonchev–Trinajstić information content (AvgIpc) is 2.84. The summed E-state index contributed by atoms with van der Waals surface area (Å²) in [7, 11) is 0.0287. The predicted octanol–water partition coefficient (Wildman–Crippen LogP) is 4.27. The maximum absolute atomic E-state index is 5.97. The number of hydrogen-bond donors (Lipinski definition) is 0. The van der Waals surface area contributed by atoms with Crippen LogP contribution in [0.15, 0.2) is 4.99 Å². The summed E-state index contributed by atoms with van der Waals surface area (Å²) in [5, 5.41) is 0.433. The molecule has 2 heterocycles. The van der Waals surface area contributed by atoms with E-state index in [1.54, 1.807) is 0 Å². The highest BCUT2D eigenvalue weighted by Crippen LogP contribution is 2.60. The van der Waals surface area contributed by atoms with Crippen LogP contribution in [-0.4, -0.2) is 35.5 Å². The lowest BCUT2D eigenvalue weighted by atomic mass is 9.88. The van der Waals surface area contributed by atoms with Gasteiger partial charge in [0.1, 0.15) is 6.61 Å². The molecule has 0 aromatic carbocycles. The maximum Gasteiger partial charge on any atom is 0.191 e. The number of ether oxygens (including phenoxy) is 1. The molecule has 3 heteroatoms. The van der Waals surface area contributed by atoms with E-state index in [-0.39, 0.29) is 13.3 Å². The quantitative estimate of drug-likeness (QED) is 0.651. The van der Waals surface area contributed by atoms with Crippen LogP contribution in [0, 0.1) is 5.41 Å². The average molecular weight is 269 g/mol. The zero-order valence-electron chi connectivity index (χ0n) is 12.8. The summed E-state index contributed by atoms with van der Waals surface area (Å²) < 4.78 is 5.97. The van der Waals surface area contributed by atoms with Crippen LogP contribution in [0.1, 0.15) is 54.4 Å². The van der Waals surface area contributed by atoms with Gasteiger partial charge in [0.05, 0.1) is 11.7 Å². The van der Waals surface area contributed by atoms with Crippen molar-refractivity contribution in [2.24, 2.45) is 10.4 Å². The normalized spacial score (nSPS) is 33.4. The lowest BCUT2D eigenvalue weighted by Gasteiger charge is -2.32. The number of aliphatic imine (C=N–C) groups is 1. The van der Waals surface area contributed by atoms with Crippen LogP contribution in [0.3, 0.4) is 0 Å². The summed E-state index contributed by atoms with van der Waals surface area (Å²) in [6, 6.07) is 0.352. The van der Waals surface area contributed by atoms with E-state index in [1.807, 2.05) is 0 Å². The Labute approximate surface area is 113 Å². The van der Waals surface area contributed by atoms with Crippen molar-refractivity contribution in [2.75, 3.05) is 12.8 Å². The first-order chi connectivity index (χ1) is 8.19. The number of rotatable bonds is 1. The Bertz CT molecular complexity index is 337. The number of hydrogen-bond acceptors (Lipinski definition) is 2. The molecule has 2 aliphatic rings. The van der Waals surface area contributed by atoms with Gasteiger partial charge < -0.3 is 4.74 Å². The van der Waals surface area contributed by atoms with E-state index >= 15 is 0 Å². The van der Waals surface area contributed by atoms with E-state index in [0.717, 1.165) is 12.5 Å². The van der Waals surface area contributed by atoms with Crippen molar-refractivity contribution >= 4 is 13.8 Å². The molecule has 1 saturated heterocycles. The summed E-state index contributed by atoms with van der Waals surface area (Å²) in [6.45, 7) is 14.7. The molecule has 0 radical (unpaired) electrons. The summed E-state index contributed by atoms with van der Waals surface area (Å²) in [5.41, 5.74) is 0.859. The summed E-state index contributed by atoms with van der Waals surface area (Å²) in [4.78, 5) is 4.92. The standard InChI is InChI=1S/C15H28NOP/c1-14(2,3)12-10-17-13(16-12)11-8-7-9-18(11)15(4,5)6/h11-12H,7-10H2,1-6H3/t11-,12-,18?/m1/s1. The van der Waals surface area contributed by atoms with Gasteiger partial charge in [-0.25, -0.2) is 4.99 Å². The van der Waals surface area contributed by atoms with E-state index < -0.39 is 0 Å². The highest BCUT2D eigenvalue weighted by Gasteiger charge is 2.42. The molecule has 0 amide bonds. The molecular weight excluding hydrogens is 241 g/mol. The van der Waals surface area contributed by atoms with Crippen molar-refractivity contribution in [3.63, 3.8) is 0 Å². The fourth-order valence-corrected chi connectivity index (χ4v) is 6.19. The van der Waals surface area contributed by atoms with E-state index in [1.165, 1.54) is 19.0 Å². The van der Waals surface area contributed by atoms with Crippen LogP contribution in [0.2, 0.25) is 0 Å². The Kier molecular flexibility index (Phi) is 3.80. The molecule has 18 heavy (non-hydrogen) atoms. The van der Waals surface area contributed by atoms with Crippen molar-refractivity contribution in [1.82, 2.24) is 0 Å². The lowest BCUT2D eigenvalue weighted by Crippen LogP contribution is -2.25. The first-order valence-electron chi connectivity index (χ1n) is 7.17. The van der Waals surface area contributed by atoms with Crippen molar-refractivity contribution in [1.29, 1.82) is 0 Å². The van der Waals surface area contributed by atoms with Gasteiger partial charge in [-0.3, -0.25) is 0 Å². The molecule has 104 valence electrons. The minimum absolute atomic E-state index is 0.0287. The molecule has 1 unspecified atom stereocenters.